The van der Waals surface area contributed by atoms with Gasteiger partial charge in [0.2, 0.25) is 0 Å². The zero-order chi connectivity index (χ0) is 6.97. The molecule has 0 aliphatic carbocycles. The van der Waals surface area contributed by atoms with E-state index >= 15 is 0 Å². The minimum atomic E-state index is 0.847. The molecule has 0 N–H and O–H groups in total. The molecule has 2 heterocycles. The first-order valence-corrected chi connectivity index (χ1v) is 3.21. The third kappa shape index (κ3) is 0.692. The maximum Gasteiger partial charge on any atom is 0.159 e. The maximum atomic E-state index is 4.22. The number of pyridine rings is 1. The molecule has 49 valence electrons. The molecule has 0 bridgehead atoms. The van der Waals surface area contributed by atoms with E-state index in [0.29, 0.717) is 0 Å². The molecule has 2 rings (SSSR count). The van der Waals surface area contributed by atoms with Crippen LogP contribution in [0.4, 0.5) is 5.82 Å². The lowest BCUT2D eigenvalue weighted by atomic mass is 10.2. The fraction of sp³-hybridized carbons (Fsp3) is 0.125. The van der Waals surface area contributed by atoms with Crippen LogP contribution >= 0.6 is 0 Å². The average molecular weight is 131 g/mol. The molecule has 0 atom stereocenters. The smallest absolute Gasteiger partial charge is 0.159 e. The summed E-state index contributed by atoms with van der Waals surface area (Å²) >= 11 is 0. The Kier molecular flexibility index (Phi) is 1.01. The van der Waals surface area contributed by atoms with Crippen molar-refractivity contribution in [3.8, 4) is 0 Å². The number of hydrogen-bond acceptors (Lipinski definition) is 1. The van der Waals surface area contributed by atoms with Crippen molar-refractivity contribution in [2.75, 3.05) is 0 Å². The lowest BCUT2D eigenvalue weighted by Gasteiger charge is -1.96. The summed E-state index contributed by atoms with van der Waals surface area (Å²) in [5.74, 6) is 0.847. The number of rotatable bonds is 0. The van der Waals surface area contributed by atoms with Crippen LogP contribution in [0.25, 0.3) is 6.08 Å². The predicted molar refractivity (Wildman–Crippen MR) is 39.8 cm³/mol. The van der Waals surface area contributed by atoms with Crippen LogP contribution < -0.4 is 5.32 Å². The molecule has 0 fully saturated rings. The molecular weight excluding hydrogens is 124 g/mol. The van der Waals surface area contributed by atoms with Crippen molar-refractivity contribution in [3.05, 3.63) is 29.6 Å². The van der Waals surface area contributed by atoms with Gasteiger partial charge in [-0.15, -0.1) is 0 Å². The highest BCUT2D eigenvalue weighted by Gasteiger charge is 2.05. The summed E-state index contributed by atoms with van der Waals surface area (Å²) in [5.41, 5.74) is 2.14. The normalized spacial score (nSPS) is 12.9. The number of fused-ring (bicyclic) bond motifs is 1. The quantitative estimate of drug-likeness (QED) is 0.525. The highest BCUT2D eigenvalue weighted by atomic mass is 15.0. The molecule has 0 aromatic carbocycles. The second kappa shape index (κ2) is 1.84. The van der Waals surface area contributed by atoms with Crippen molar-refractivity contribution >= 4 is 11.9 Å². The Morgan fingerprint density at radius 1 is 1.30 bits per heavy atom. The summed E-state index contributed by atoms with van der Waals surface area (Å²) in [5, 5.41) is 4.07. The van der Waals surface area contributed by atoms with Crippen LogP contribution in [0.1, 0.15) is 11.3 Å². The van der Waals surface area contributed by atoms with Crippen molar-refractivity contribution in [2.45, 2.75) is 6.92 Å². The third-order valence-electron chi connectivity index (χ3n) is 1.50. The Labute approximate surface area is 59.6 Å². The van der Waals surface area contributed by atoms with Crippen molar-refractivity contribution in [1.29, 1.82) is 0 Å². The third-order valence-corrected chi connectivity index (χ3v) is 1.50. The summed E-state index contributed by atoms with van der Waals surface area (Å²) in [6, 6.07) is 4.02. The Bertz CT molecular complexity index is 289. The molecule has 1 radical (unpaired) electrons. The molecular formula is C8H7N2. The maximum absolute atomic E-state index is 4.22. The van der Waals surface area contributed by atoms with Crippen molar-refractivity contribution < 1.29 is 0 Å². The molecule has 10 heavy (non-hydrogen) atoms. The molecule has 0 saturated carbocycles. The minimum absolute atomic E-state index is 0.847. The lowest BCUT2D eigenvalue weighted by molar-refractivity contribution is 1.08. The Morgan fingerprint density at radius 2 is 2.20 bits per heavy atom. The van der Waals surface area contributed by atoms with Gasteiger partial charge in [-0.25, -0.2) is 10.3 Å². The van der Waals surface area contributed by atoms with E-state index in [0.717, 1.165) is 17.1 Å². The van der Waals surface area contributed by atoms with Gasteiger partial charge < -0.3 is 0 Å². The second-order valence-electron chi connectivity index (χ2n) is 2.31. The van der Waals surface area contributed by atoms with Crippen LogP contribution in [0.3, 0.4) is 0 Å². The van der Waals surface area contributed by atoms with Crippen LogP contribution in [-0.4, -0.2) is 4.98 Å². The molecule has 2 nitrogen and oxygen atoms in total. The minimum Gasteiger partial charge on any atom is -0.237 e. The van der Waals surface area contributed by atoms with Gasteiger partial charge >= 0.3 is 0 Å². The second-order valence-corrected chi connectivity index (χ2v) is 2.31. The first kappa shape index (κ1) is 5.47. The highest BCUT2D eigenvalue weighted by Crippen LogP contribution is 2.19. The molecule has 1 aromatic rings. The standard InChI is InChI=1S/C8H7N2/c1-6-2-3-7-4-5-9-8(7)10-6/h2-5H,1H3. The largest absolute Gasteiger partial charge is 0.237 e. The van der Waals surface area contributed by atoms with Gasteiger partial charge in [0.1, 0.15) is 0 Å². The fourth-order valence-electron chi connectivity index (χ4n) is 0.975. The van der Waals surface area contributed by atoms with Crippen LogP contribution in [0.5, 0.6) is 0 Å². The van der Waals surface area contributed by atoms with E-state index in [9.17, 15) is 0 Å². The van der Waals surface area contributed by atoms with Gasteiger partial charge in [-0.2, -0.15) is 0 Å². The summed E-state index contributed by atoms with van der Waals surface area (Å²) in [6.45, 7) is 1.97. The Balaban J connectivity index is 2.59. The first-order valence-electron chi connectivity index (χ1n) is 3.21. The SMILES string of the molecule is Cc1ccc2c(n1)[N]C=C2. The van der Waals surface area contributed by atoms with Crippen LogP contribution in [0.2, 0.25) is 0 Å². The Hall–Kier alpha value is -1.31. The number of aryl methyl sites for hydroxylation is 1. The van der Waals surface area contributed by atoms with E-state index in [2.05, 4.69) is 10.3 Å². The molecule has 1 aliphatic heterocycles. The van der Waals surface area contributed by atoms with E-state index in [1.807, 2.05) is 25.1 Å². The van der Waals surface area contributed by atoms with E-state index in [4.69, 9.17) is 0 Å². The molecule has 1 aliphatic rings. The van der Waals surface area contributed by atoms with E-state index in [1.165, 1.54) is 0 Å². The van der Waals surface area contributed by atoms with E-state index < -0.39 is 0 Å². The monoisotopic (exact) mass is 131 g/mol. The average Bonchev–Trinajstić information content (AvgIpc) is 2.33. The number of nitrogens with zero attached hydrogens (tertiary/aromatic N) is 2. The predicted octanol–water partition coefficient (Wildman–Crippen LogP) is 1.61. The van der Waals surface area contributed by atoms with E-state index in [-0.39, 0.29) is 0 Å². The van der Waals surface area contributed by atoms with E-state index in [1.54, 1.807) is 6.20 Å². The summed E-state index contributed by atoms with van der Waals surface area (Å²) in [6.07, 6.45) is 3.74. The molecule has 0 amide bonds. The lowest BCUT2D eigenvalue weighted by Crippen LogP contribution is -1.88. The van der Waals surface area contributed by atoms with Gasteiger partial charge in [0.25, 0.3) is 0 Å². The number of aromatic nitrogens is 1. The van der Waals surface area contributed by atoms with Crippen molar-refractivity contribution in [1.82, 2.24) is 10.3 Å². The molecule has 0 saturated heterocycles. The summed E-state index contributed by atoms with van der Waals surface area (Å²) in [7, 11) is 0. The van der Waals surface area contributed by atoms with Crippen LogP contribution in [0.15, 0.2) is 18.3 Å². The molecule has 1 aromatic heterocycles. The molecule has 0 spiro atoms. The van der Waals surface area contributed by atoms with Crippen LogP contribution in [-0.2, 0) is 0 Å². The van der Waals surface area contributed by atoms with Crippen LogP contribution in [0, 0.1) is 6.92 Å². The van der Waals surface area contributed by atoms with Crippen molar-refractivity contribution in [3.63, 3.8) is 0 Å². The summed E-state index contributed by atoms with van der Waals surface area (Å²) < 4.78 is 0. The van der Waals surface area contributed by atoms with Gasteiger partial charge in [-0.3, -0.25) is 0 Å². The Morgan fingerprint density at radius 3 is 3.10 bits per heavy atom. The van der Waals surface area contributed by atoms with Gasteiger partial charge in [0.15, 0.2) is 5.82 Å². The highest BCUT2D eigenvalue weighted by molar-refractivity contribution is 5.65. The molecule has 2 heteroatoms. The summed E-state index contributed by atoms with van der Waals surface area (Å²) in [4.78, 5) is 4.22. The molecule has 0 unspecified atom stereocenters. The van der Waals surface area contributed by atoms with Gasteiger partial charge in [-0.1, -0.05) is 0 Å². The van der Waals surface area contributed by atoms with Gasteiger partial charge in [-0.05, 0) is 25.1 Å². The number of hydrogen-bond donors (Lipinski definition) is 0. The van der Waals surface area contributed by atoms with Gasteiger partial charge in [0, 0.05) is 17.5 Å². The fourth-order valence-corrected chi connectivity index (χ4v) is 0.975. The zero-order valence-electron chi connectivity index (χ0n) is 5.70. The van der Waals surface area contributed by atoms with Crippen molar-refractivity contribution in [2.24, 2.45) is 0 Å². The van der Waals surface area contributed by atoms with Gasteiger partial charge in [0.05, 0.1) is 0 Å². The zero-order valence-corrected chi connectivity index (χ0v) is 5.70. The topological polar surface area (TPSA) is 27.0 Å². The first-order chi connectivity index (χ1) is 4.86.